The summed E-state index contributed by atoms with van der Waals surface area (Å²) < 4.78 is 32.5. The molecule has 2 aliphatic heterocycles. The summed E-state index contributed by atoms with van der Waals surface area (Å²) >= 11 is 0. The molecule has 1 fully saturated rings. The van der Waals surface area contributed by atoms with Crippen LogP contribution in [0.5, 0.6) is 11.5 Å². The van der Waals surface area contributed by atoms with E-state index in [1.54, 1.807) is 7.11 Å². The lowest BCUT2D eigenvalue weighted by molar-refractivity contribution is -0.143. The monoisotopic (exact) mass is 585 g/mol. The number of nitrogens with zero attached hydrogens (tertiary/aromatic N) is 2. The van der Waals surface area contributed by atoms with Crippen molar-refractivity contribution < 1.29 is 28.5 Å². The van der Waals surface area contributed by atoms with E-state index < -0.39 is 23.4 Å². The molecule has 0 saturated carbocycles. The number of hydrogen-bond acceptors (Lipinski definition) is 7. The first-order valence-corrected chi connectivity index (χ1v) is 15.3. The van der Waals surface area contributed by atoms with Gasteiger partial charge in [-0.25, -0.2) is 9.37 Å². The largest absolute Gasteiger partial charge is 0.496 e. The fraction of sp³-hybridized carbons (Fsp3) is 0.636. The number of methoxy groups -OCH3 is 2. The lowest BCUT2D eigenvalue weighted by Crippen LogP contribution is -2.38. The van der Waals surface area contributed by atoms with Crippen LogP contribution in [0, 0.1) is 5.82 Å². The van der Waals surface area contributed by atoms with Crippen LogP contribution in [-0.4, -0.2) is 67.0 Å². The summed E-state index contributed by atoms with van der Waals surface area (Å²) in [6.07, 6.45) is 7.37. The molecule has 2 N–H and O–H groups in total. The molecule has 1 unspecified atom stereocenters. The topological polar surface area (TPSA) is 93.2 Å². The maximum Gasteiger partial charge on any atom is 0.325 e. The highest BCUT2D eigenvalue weighted by Gasteiger charge is 2.42. The third-order valence-electron chi connectivity index (χ3n) is 9.08. The summed E-state index contributed by atoms with van der Waals surface area (Å²) in [5, 5.41) is 13.7. The van der Waals surface area contributed by atoms with Crippen molar-refractivity contribution in [3.05, 3.63) is 46.4 Å². The van der Waals surface area contributed by atoms with Crippen molar-refractivity contribution >= 4 is 11.8 Å². The Morgan fingerprint density at radius 3 is 2.69 bits per heavy atom. The van der Waals surface area contributed by atoms with Crippen molar-refractivity contribution in [1.82, 2.24) is 9.88 Å². The molecule has 232 valence electrons. The number of likely N-dealkylation sites (tertiary alicyclic amines) is 1. The number of carboxylic acid groups (broad SMARTS) is 1. The van der Waals surface area contributed by atoms with Gasteiger partial charge in [0, 0.05) is 49.1 Å². The van der Waals surface area contributed by atoms with Crippen molar-refractivity contribution in [3.63, 3.8) is 0 Å². The van der Waals surface area contributed by atoms with Gasteiger partial charge in [-0.2, -0.15) is 0 Å². The summed E-state index contributed by atoms with van der Waals surface area (Å²) in [6, 6.07) is 4.32. The second-order valence-electron chi connectivity index (χ2n) is 12.6. The van der Waals surface area contributed by atoms with Crippen molar-refractivity contribution in [2.45, 2.75) is 96.1 Å². The Morgan fingerprint density at radius 1 is 1.21 bits per heavy atom. The zero-order chi connectivity index (χ0) is 30.5. The number of aryl methyl sites for hydroxylation is 1. The number of benzene rings is 1. The molecular weight excluding hydrogens is 537 g/mol. The molecule has 0 aliphatic carbocycles. The average molecular weight is 586 g/mol. The molecular formula is C33H48FN3O5. The molecule has 2 atom stereocenters. The number of carboxylic acids is 1. The predicted molar refractivity (Wildman–Crippen MR) is 162 cm³/mol. The molecule has 42 heavy (non-hydrogen) atoms. The molecule has 4 rings (SSSR count). The summed E-state index contributed by atoms with van der Waals surface area (Å²) in [5.41, 5.74) is 2.56. The molecule has 8 nitrogen and oxygen atoms in total. The van der Waals surface area contributed by atoms with E-state index in [1.165, 1.54) is 18.7 Å². The van der Waals surface area contributed by atoms with Crippen LogP contribution in [0.1, 0.15) is 94.6 Å². The highest BCUT2D eigenvalue weighted by molar-refractivity contribution is 5.77. The van der Waals surface area contributed by atoms with Crippen LogP contribution >= 0.6 is 0 Å². The lowest BCUT2D eigenvalue weighted by Gasteiger charge is -2.31. The van der Waals surface area contributed by atoms with Crippen LogP contribution in [0.25, 0.3) is 0 Å². The van der Waals surface area contributed by atoms with E-state index in [9.17, 15) is 9.90 Å². The second-order valence-corrected chi connectivity index (χ2v) is 12.6. The molecule has 0 amide bonds. The van der Waals surface area contributed by atoms with Crippen LogP contribution in [0.15, 0.2) is 18.2 Å². The fourth-order valence-corrected chi connectivity index (χ4v) is 6.09. The first-order chi connectivity index (χ1) is 20.0. The predicted octanol–water partition coefficient (Wildman–Crippen LogP) is 6.30. The number of hydrogen-bond donors (Lipinski definition) is 2. The van der Waals surface area contributed by atoms with E-state index in [1.807, 2.05) is 38.7 Å². The van der Waals surface area contributed by atoms with E-state index >= 15 is 4.39 Å². The highest BCUT2D eigenvalue weighted by atomic mass is 19.1. The lowest BCUT2D eigenvalue weighted by atomic mass is 9.80. The number of aromatic nitrogens is 1. The Hall–Kier alpha value is -2.91. The van der Waals surface area contributed by atoms with Gasteiger partial charge in [0.15, 0.2) is 11.6 Å². The number of pyridine rings is 1. The number of fused-ring (bicyclic) bond motifs is 1. The van der Waals surface area contributed by atoms with Crippen LogP contribution in [-0.2, 0) is 27.8 Å². The van der Waals surface area contributed by atoms with E-state index in [-0.39, 0.29) is 11.2 Å². The van der Waals surface area contributed by atoms with Crippen LogP contribution < -0.4 is 14.8 Å². The Balaban J connectivity index is 1.33. The minimum Gasteiger partial charge on any atom is -0.496 e. The SMILES string of the molecule is CCC(C)(C)c1cc(F)c(OC)c(C(C(=O)O)N2CC[C@@](C)(OCCCCCc3cc(OC)c4c(n3)NCCC4)C2)c1. The molecule has 2 aromatic rings. The summed E-state index contributed by atoms with van der Waals surface area (Å²) in [6.45, 7) is 10.7. The maximum atomic E-state index is 15.2. The molecule has 0 bridgehead atoms. The van der Waals surface area contributed by atoms with Gasteiger partial charge in [-0.1, -0.05) is 27.2 Å². The van der Waals surface area contributed by atoms with Crippen LogP contribution in [0.2, 0.25) is 0 Å². The molecule has 0 radical (unpaired) electrons. The number of nitrogens with one attached hydrogen (secondary N) is 1. The molecule has 1 aromatic carbocycles. The minimum absolute atomic E-state index is 0.00519. The van der Waals surface area contributed by atoms with Crippen LogP contribution in [0.4, 0.5) is 10.2 Å². The van der Waals surface area contributed by atoms with Crippen molar-refractivity contribution in [2.75, 3.05) is 45.8 Å². The van der Waals surface area contributed by atoms with Gasteiger partial charge < -0.3 is 24.6 Å². The molecule has 2 aliphatic rings. The quantitative estimate of drug-likeness (QED) is 0.250. The zero-order valence-corrected chi connectivity index (χ0v) is 26.1. The summed E-state index contributed by atoms with van der Waals surface area (Å²) in [4.78, 5) is 19.3. The summed E-state index contributed by atoms with van der Waals surface area (Å²) in [5.74, 6) is 0.320. The highest BCUT2D eigenvalue weighted by Crippen LogP contribution is 2.40. The molecule has 9 heteroatoms. The number of halogens is 1. The Labute approximate surface area is 249 Å². The number of anilines is 1. The van der Waals surface area contributed by atoms with Crippen molar-refractivity contribution in [1.29, 1.82) is 0 Å². The Kier molecular flexibility index (Phi) is 10.4. The standard InChI is InChI=1S/C33H48FN3O5/c1-7-32(2,3)22-18-25(29(41-6)26(34)19-22)28(31(38)39)37-16-14-33(4,21-37)42-17-10-8-9-12-23-20-27(40-5)24-13-11-15-35-30(24)36-23/h18-20,28H,7-17,21H2,1-6H3,(H,35,36)(H,38,39)/t28?,33-/m1/s1. The average Bonchev–Trinajstić information content (AvgIpc) is 3.35. The van der Waals surface area contributed by atoms with Gasteiger partial charge >= 0.3 is 5.97 Å². The molecule has 1 saturated heterocycles. The number of carbonyl (C=O) groups is 1. The van der Waals surface area contributed by atoms with Crippen molar-refractivity contribution in [2.24, 2.45) is 0 Å². The maximum absolute atomic E-state index is 15.2. The second kappa shape index (κ2) is 13.6. The first kappa shape index (κ1) is 32.0. The minimum atomic E-state index is -1.02. The zero-order valence-electron chi connectivity index (χ0n) is 26.1. The van der Waals surface area contributed by atoms with Crippen LogP contribution in [0.3, 0.4) is 0 Å². The van der Waals surface area contributed by atoms with E-state index in [4.69, 9.17) is 19.2 Å². The number of rotatable bonds is 14. The fourth-order valence-electron chi connectivity index (χ4n) is 6.09. The number of aliphatic carboxylic acids is 1. The van der Waals surface area contributed by atoms with E-state index in [2.05, 4.69) is 11.4 Å². The molecule has 1 aromatic heterocycles. The van der Waals surface area contributed by atoms with Gasteiger partial charge in [-0.15, -0.1) is 0 Å². The van der Waals surface area contributed by atoms with E-state index in [0.717, 1.165) is 74.3 Å². The Bertz CT molecular complexity index is 1240. The van der Waals surface area contributed by atoms with Gasteiger partial charge in [0.2, 0.25) is 0 Å². The summed E-state index contributed by atoms with van der Waals surface area (Å²) in [7, 11) is 3.10. The van der Waals surface area contributed by atoms with E-state index in [0.29, 0.717) is 31.7 Å². The van der Waals surface area contributed by atoms with Gasteiger partial charge in [0.25, 0.3) is 0 Å². The smallest absolute Gasteiger partial charge is 0.325 e. The third kappa shape index (κ3) is 7.17. The van der Waals surface area contributed by atoms with Gasteiger partial charge in [-0.05, 0) is 75.0 Å². The molecule has 3 heterocycles. The third-order valence-corrected chi connectivity index (χ3v) is 9.08. The van der Waals surface area contributed by atoms with Gasteiger partial charge in [-0.3, -0.25) is 9.69 Å². The Morgan fingerprint density at radius 2 is 2.00 bits per heavy atom. The normalized spacial score (nSPS) is 19.7. The molecule has 0 spiro atoms. The number of ether oxygens (including phenoxy) is 3. The van der Waals surface area contributed by atoms with Gasteiger partial charge in [0.1, 0.15) is 17.6 Å². The van der Waals surface area contributed by atoms with Crippen molar-refractivity contribution in [3.8, 4) is 11.5 Å². The first-order valence-electron chi connectivity index (χ1n) is 15.3. The number of unbranched alkanes of at least 4 members (excludes halogenated alkanes) is 2. The van der Waals surface area contributed by atoms with Gasteiger partial charge in [0.05, 0.1) is 19.8 Å².